The third-order valence-corrected chi connectivity index (χ3v) is 4.04. The van der Waals surface area contributed by atoms with Crippen molar-refractivity contribution < 1.29 is 4.74 Å². The summed E-state index contributed by atoms with van der Waals surface area (Å²) in [6.45, 7) is 0.721. The lowest BCUT2D eigenvalue weighted by atomic mass is 10.2. The van der Waals surface area contributed by atoms with Gasteiger partial charge < -0.3 is 15.8 Å². The Hall–Kier alpha value is -1.82. The molecule has 1 fully saturated rings. The fourth-order valence-corrected chi connectivity index (χ4v) is 2.82. The van der Waals surface area contributed by atoms with Crippen LogP contribution in [-0.4, -0.2) is 16.5 Å². The molecular formula is C13H16N4OS. The van der Waals surface area contributed by atoms with E-state index in [0.717, 1.165) is 17.1 Å². The number of ether oxygens (including phenoxy) is 1. The molecule has 6 heteroatoms. The second-order valence-electron chi connectivity index (χ2n) is 4.65. The highest BCUT2D eigenvalue weighted by molar-refractivity contribution is 7.10. The van der Waals surface area contributed by atoms with Gasteiger partial charge in [-0.25, -0.2) is 4.98 Å². The van der Waals surface area contributed by atoms with E-state index in [9.17, 15) is 0 Å². The number of nitrogens with two attached hydrogens (primary N) is 1. The zero-order valence-corrected chi connectivity index (χ0v) is 11.5. The fourth-order valence-electron chi connectivity index (χ4n) is 2.02. The van der Waals surface area contributed by atoms with Crippen molar-refractivity contribution in [2.24, 2.45) is 0 Å². The van der Waals surface area contributed by atoms with Crippen LogP contribution in [0.2, 0.25) is 0 Å². The minimum absolute atomic E-state index is 0.607. The van der Waals surface area contributed by atoms with Crippen molar-refractivity contribution in [2.75, 3.05) is 18.2 Å². The van der Waals surface area contributed by atoms with Gasteiger partial charge in [0.2, 0.25) is 5.88 Å². The molecule has 2 aromatic heterocycles. The molecule has 0 bridgehead atoms. The molecule has 0 aliphatic heterocycles. The first-order valence-corrected chi connectivity index (χ1v) is 7.03. The molecule has 100 valence electrons. The van der Waals surface area contributed by atoms with E-state index in [4.69, 9.17) is 10.5 Å². The maximum atomic E-state index is 5.92. The predicted molar refractivity (Wildman–Crippen MR) is 76.6 cm³/mol. The van der Waals surface area contributed by atoms with Gasteiger partial charge in [0.25, 0.3) is 0 Å². The maximum absolute atomic E-state index is 5.92. The van der Waals surface area contributed by atoms with Gasteiger partial charge in [0.1, 0.15) is 10.8 Å². The third-order valence-electron chi connectivity index (χ3n) is 3.20. The molecule has 2 heterocycles. The number of anilines is 2. The lowest BCUT2D eigenvalue weighted by Gasteiger charge is -2.06. The van der Waals surface area contributed by atoms with Gasteiger partial charge in [-0.1, -0.05) is 6.07 Å². The van der Waals surface area contributed by atoms with Gasteiger partial charge in [-0.2, -0.15) is 4.37 Å². The lowest BCUT2D eigenvalue weighted by molar-refractivity contribution is 0.397. The molecule has 0 unspecified atom stereocenters. The molecule has 0 aromatic carbocycles. The van der Waals surface area contributed by atoms with E-state index in [1.165, 1.54) is 29.9 Å². The Balaban J connectivity index is 1.68. The van der Waals surface area contributed by atoms with Crippen molar-refractivity contribution in [1.82, 2.24) is 9.36 Å². The Morgan fingerprint density at radius 2 is 2.32 bits per heavy atom. The van der Waals surface area contributed by atoms with Gasteiger partial charge in [-0.15, -0.1) is 0 Å². The Kier molecular flexibility index (Phi) is 3.25. The van der Waals surface area contributed by atoms with Gasteiger partial charge in [0, 0.05) is 24.4 Å². The van der Waals surface area contributed by atoms with Crippen LogP contribution in [0.4, 0.5) is 10.8 Å². The van der Waals surface area contributed by atoms with Gasteiger partial charge in [-0.3, -0.25) is 0 Å². The zero-order valence-electron chi connectivity index (χ0n) is 10.7. The lowest BCUT2D eigenvalue weighted by Crippen LogP contribution is -2.01. The van der Waals surface area contributed by atoms with E-state index < -0.39 is 0 Å². The van der Waals surface area contributed by atoms with Crippen molar-refractivity contribution in [1.29, 1.82) is 0 Å². The number of rotatable bonds is 5. The van der Waals surface area contributed by atoms with Crippen LogP contribution in [0.15, 0.2) is 18.3 Å². The zero-order chi connectivity index (χ0) is 13.2. The summed E-state index contributed by atoms with van der Waals surface area (Å²) < 4.78 is 9.28. The standard InChI is InChI=1S/C13H16N4OS/c1-18-10-5-2-8(6-15-10)7-16-13-11(9-3-4-9)12(14)17-19-13/h2,5-6,9,16H,3-4,7H2,1H3,(H2,14,17). The molecule has 0 atom stereocenters. The quantitative estimate of drug-likeness (QED) is 0.878. The molecule has 0 saturated heterocycles. The third kappa shape index (κ3) is 2.63. The van der Waals surface area contributed by atoms with Gasteiger partial charge >= 0.3 is 0 Å². The molecule has 3 N–H and O–H groups in total. The van der Waals surface area contributed by atoms with Crippen LogP contribution in [0, 0.1) is 0 Å². The molecular weight excluding hydrogens is 260 g/mol. The minimum Gasteiger partial charge on any atom is -0.481 e. The van der Waals surface area contributed by atoms with E-state index in [2.05, 4.69) is 14.7 Å². The van der Waals surface area contributed by atoms with Crippen molar-refractivity contribution in [2.45, 2.75) is 25.3 Å². The predicted octanol–water partition coefficient (Wildman–Crippen LogP) is 2.62. The second-order valence-corrected chi connectivity index (χ2v) is 5.42. The van der Waals surface area contributed by atoms with Crippen LogP contribution in [0.1, 0.15) is 29.9 Å². The van der Waals surface area contributed by atoms with Crippen LogP contribution in [-0.2, 0) is 6.54 Å². The highest BCUT2D eigenvalue weighted by Gasteiger charge is 2.30. The number of aromatic nitrogens is 2. The average molecular weight is 276 g/mol. The first-order valence-electron chi connectivity index (χ1n) is 6.25. The van der Waals surface area contributed by atoms with Crippen LogP contribution in [0.3, 0.4) is 0 Å². The second kappa shape index (κ2) is 5.05. The summed E-state index contributed by atoms with van der Waals surface area (Å²) in [6, 6.07) is 3.86. The molecule has 3 rings (SSSR count). The molecule has 1 saturated carbocycles. The normalized spacial score (nSPS) is 14.4. The topological polar surface area (TPSA) is 73.1 Å². The fraction of sp³-hybridized carbons (Fsp3) is 0.385. The number of hydrogen-bond acceptors (Lipinski definition) is 6. The summed E-state index contributed by atoms with van der Waals surface area (Å²) in [4.78, 5) is 4.19. The average Bonchev–Trinajstić information content (AvgIpc) is 3.21. The molecule has 0 amide bonds. The summed E-state index contributed by atoms with van der Waals surface area (Å²) >= 11 is 1.44. The molecule has 19 heavy (non-hydrogen) atoms. The van der Waals surface area contributed by atoms with Crippen LogP contribution >= 0.6 is 11.5 Å². The molecule has 0 radical (unpaired) electrons. The molecule has 0 spiro atoms. The number of nitrogens with zero attached hydrogens (tertiary/aromatic N) is 2. The van der Waals surface area contributed by atoms with Crippen molar-refractivity contribution in [3.63, 3.8) is 0 Å². The number of nitrogens with one attached hydrogen (secondary N) is 1. The molecule has 1 aliphatic carbocycles. The Bertz CT molecular complexity index is 563. The summed E-state index contributed by atoms with van der Waals surface area (Å²) in [6.07, 6.45) is 4.26. The summed E-state index contributed by atoms with van der Waals surface area (Å²) in [5.74, 6) is 1.92. The summed E-state index contributed by atoms with van der Waals surface area (Å²) in [7, 11) is 1.61. The van der Waals surface area contributed by atoms with E-state index in [0.29, 0.717) is 17.6 Å². The highest BCUT2D eigenvalue weighted by atomic mass is 32.1. The van der Waals surface area contributed by atoms with Gasteiger partial charge in [0.05, 0.1) is 7.11 Å². The number of pyridine rings is 1. The van der Waals surface area contributed by atoms with Crippen molar-refractivity contribution in [3.8, 4) is 5.88 Å². The van der Waals surface area contributed by atoms with Crippen LogP contribution in [0.5, 0.6) is 5.88 Å². The molecule has 2 aromatic rings. The SMILES string of the molecule is COc1ccc(CNc2snc(N)c2C2CC2)cn1. The van der Waals surface area contributed by atoms with Crippen LogP contribution < -0.4 is 15.8 Å². The van der Waals surface area contributed by atoms with Crippen molar-refractivity contribution >= 4 is 22.4 Å². The first kappa shape index (κ1) is 12.2. The number of hydrogen-bond donors (Lipinski definition) is 2. The largest absolute Gasteiger partial charge is 0.481 e. The maximum Gasteiger partial charge on any atom is 0.212 e. The Morgan fingerprint density at radius 1 is 1.47 bits per heavy atom. The smallest absolute Gasteiger partial charge is 0.212 e. The number of methoxy groups -OCH3 is 1. The van der Waals surface area contributed by atoms with Crippen molar-refractivity contribution in [3.05, 3.63) is 29.5 Å². The first-order chi connectivity index (χ1) is 9.28. The number of nitrogen functional groups attached to an aromatic ring is 1. The Morgan fingerprint density at radius 3 is 2.95 bits per heavy atom. The summed E-state index contributed by atoms with van der Waals surface area (Å²) in [5, 5.41) is 4.50. The van der Waals surface area contributed by atoms with E-state index >= 15 is 0 Å². The van der Waals surface area contributed by atoms with E-state index in [-0.39, 0.29) is 0 Å². The minimum atomic E-state index is 0.607. The van der Waals surface area contributed by atoms with Crippen LogP contribution in [0.25, 0.3) is 0 Å². The van der Waals surface area contributed by atoms with E-state index in [1.807, 2.05) is 18.3 Å². The highest BCUT2D eigenvalue weighted by Crippen LogP contribution is 2.47. The van der Waals surface area contributed by atoms with Gasteiger partial charge in [0.15, 0.2) is 0 Å². The molecule has 1 aliphatic rings. The summed E-state index contributed by atoms with van der Waals surface area (Å²) in [5.41, 5.74) is 8.23. The monoisotopic (exact) mass is 276 g/mol. The van der Waals surface area contributed by atoms with E-state index in [1.54, 1.807) is 7.11 Å². The Labute approximate surface area is 116 Å². The molecule has 5 nitrogen and oxygen atoms in total. The van der Waals surface area contributed by atoms with Gasteiger partial charge in [-0.05, 0) is 35.9 Å².